The number of nitrogens with one attached hydrogen (secondary N) is 2. The summed E-state index contributed by atoms with van der Waals surface area (Å²) in [6, 6.07) is 9.91. The third-order valence-corrected chi connectivity index (χ3v) is 3.16. The van der Waals surface area contributed by atoms with Crippen molar-refractivity contribution in [2.75, 3.05) is 11.9 Å². The summed E-state index contributed by atoms with van der Waals surface area (Å²) in [5.74, 6) is 0.942. The minimum absolute atomic E-state index is 0.335. The van der Waals surface area contributed by atoms with Crippen LogP contribution in [0.25, 0.3) is 0 Å². The number of fused-ring (bicyclic) bond motifs is 1. The van der Waals surface area contributed by atoms with E-state index in [0.29, 0.717) is 11.7 Å². The zero-order valence-corrected chi connectivity index (χ0v) is 10.3. The number of aromatic amines is 1. The molecule has 96 valence electrons. The molecule has 1 aromatic carbocycles. The average Bonchev–Trinajstić information content (AvgIpc) is 2.83. The average molecular weight is 254 g/mol. The molecule has 1 aromatic heterocycles. The molecule has 1 aliphatic rings. The van der Waals surface area contributed by atoms with E-state index in [4.69, 9.17) is 0 Å². The number of rotatable bonds is 4. The molecule has 0 radical (unpaired) electrons. The van der Waals surface area contributed by atoms with Crippen LogP contribution in [0.2, 0.25) is 0 Å². The molecule has 2 N–H and O–H groups in total. The molecular weight excluding hydrogens is 240 g/mol. The highest BCUT2D eigenvalue weighted by Crippen LogP contribution is 2.33. The van der Waals surface area contributed by atoms with Gasteiger partial charge < -0.3 is 10.3 Å². The van der Waals surface area contributed by atoms with Crippen molar-refractivity contribution in [2.24, 2.45) is 4.99 Å². The second-order valence-electron chi connectivity index (χ2n) is 4.44. The van der Waals surface area contributed by atoms with Crippen LogP contribution < -0.4 is 11.0 Å². The Balaban J connectivity index is 1.60. The molecule has 0 aliphatic carbocycles. The van der Waals surface area contributed by atoms with Gasteiger partial charge in [0.2, 0.25) is 0 Å². The maximum absolute atomic E-state index is 11.0. The van der Waals surface area contributed by atoms with Crippen LogP contribution in [-0.2, 0) is 0 Å². The van der Waals surface area contributed by atoms with Crippen molar-refractivity contribution in [1.29, 1.82) is 0 Å². The number of hydrogen-bond donors (Lipinski definition) is 2. The van der Waals surface area contributed by atoms with Crippen LogP contribution in [0.4, 0.5) is 11.5 Å². The van der Waals surface area contributed by atoms with Gasteiger partial charge in [-0.25, -0.2) is 4.79 Å². The van der Waals surface area contributed by atoms with Crippen molar-refractivity contribution in [3.8, 4) is 0 Å². The number of aromatic nitrogens is 2. The second-order valence-corrected chi connectivity index (χ2v) is 4.44. The molecule has 0 amide bonds. The highest BCUT2D eigenvalue weighted by atomic mass is 16.1. The highest BCUT2D eigenvalue weighted by Gasteiger charge is 2.17. The Morgan fingerprint density at radius 2 is 2.16 bits per heavy atom. The van der Waals surface area contributed by atoms with Crippen molar-refractivity contribution >= 4 is 17.7 Å². The summed E-state index contributed by atoms with van der Waals surface area (Å²) < 4.78 is 0. The molecule has 0 saturated carbocycles. The molecule has 19 heavy (non-hydrogen) atoms. The smallest absolute Gasteiger partial charge is 0.346 e. The Bertz CT molecular complexity index is 662. The lowest BCUT2D eigenvalue weighted by Crippen LogP contribution is -2.14. The molecule has 5 heteroatoms. The summed E-state index contributed by atoms with van der Waals surface area (Å²) >= 11 is 0. The molecule has 5 nitrogen and oxygen atoms in total. The number of H-pyrrole nitrogens is 1. The Morgan fingerprint density at radius 3 is 3.05 bits per heavy atom. The fourth-order valence-electron chi connectivity index (χ4n) is 2.22. The number of para-hydroxylation sites is 1. The molecule has 1 aliphatic heterocycles. The van der Waals surface area contributed by atoms with E-state index in [0.717, 1.165) is 18.7 Å². The van der Waals surface area contributed by atoms with Gasteiger partial charge in [0.1, 0.15) is 5.82 Å². The van der Waals surface area contributed by atoms with E-state index in [9.17, 15) is 4.79 Å². The monoisotopic (exact) mass is 254 g/mol. The van der Waals surface area contributed by atoms with Gasteiger partial charge in [0.25, 0.3) is 0 Å². The van der Waals surface area contributed by atoms with Crippen LogP contribution in [0.5, 0.6) is 0 Å². The number of aliphatic imine (C=N–C) groups is 1. The molecule has 1 atom stereocenters. The largest absolute Gasteiger partial charge is 0.370 e. The van der Waals surface area contributed by atoms with Gasteiger partial charge in [-0.3, -0.25) is 4.99 Å². The van der Waals surface area contributed by atoms with Gasteiger partial charge in [-0.05, 0) is 24.1 Å². The van der Waals surface area contributed by atoms with E-state index >= 15 is 0 Å². The predicted molar refractivity (Wildman–Crippen MR) is 75.3 cm³/mol. The lowest BCUT2D eigenvalue weighted by atomic mass is 9.98. The van der Waals surface area contributed by atoms with Gasteiger partial charge in [-0.2, -0.15) is 4.98 Å². The van der Waals surface area contributed by atoms with Crippen LogP contribution >= 0.6 is 0 Å². The minimum atomic E-state index is -0.335. The maximum atomic E-state index is 11.0. The van der Waals surface area contributed by atoms with Gasteiger partial charge in [-0.1, -0.05) is 18.2 Å². The lowest BCUT2D eigenvalue weighted by Gasteiger charge is -2.10. The van der Waals surface area contributed by atoms with Gasteiger partial charge in [0.05, 0.1) is 5.69 Å². The Hall–Kier alpha value is -2.43. The first-order valence-corrected chi connectivity index (χ1v) is 6.25. The van der Waals surface area contributed by atoms with Gasteiger partial charge >= 0.3 is 5.69 Å². The summed E-state index contributed by atoms with van der Waals surface area (Å²) in [5, 5.41) is 3.15. The molecule has 3 rings (SSSR count). The van der Waals surface area contributed by atoms with Crippen molar-refractivity contribution in [3.63, 3.8) is 0 Å². The van der Waals surface area contributed by atoms with Crippen molar-refractivity contribution < 1.29 is 0 Å². The van der Waals surface area contributed by atoms with Crippen molar-refractivity contribution in [1.82, 2.24) is 9.97 Å². The quantitative estimate of drug-likeness (QED) is 0.877. The van der Waals surface area contributed by atoms with E-state index in [1.165, 1.54) is 5.56 Å². The van der Waals surface area contributed by atoms with Gasteiger partial charge in [0, 0.05) is 24.9 Å². The third-order valence-electron chi connectivity index (χ3n) is 3.16. The molecule has 0 fully saturated rings. The van der Waals surface area contributed by atoms with Crippen LogP contribution in [0.15, 0.2) is 46.3 Å². The first-order valence-electron chi connectivity index (χ1n) is 6.25. The molecule has 0 saturated heterocycles. The molecule has 0 bridgehead atoms. The summed E-state index contributed by atoms with van der Waals surface area (Å²) in [6.07, 6.45) is 4.50. The number of hydrogen-bond acceptors (Lipinski definition) is 4. The summed E-state index contributed by atoms with van der Waals surface area (Å²) in [7, 11) is 0. The van der Waals surface area contributed by atoms with Crippen LogP contribution in [-0.4, -0.2) is 22.7 Å². The standard InChI is InChI=1S/C14H14N4O/c19-14-16-8-6-13(18-14)15-7-5-10-9-17-12-4-2-1-3-11(10)12/h1-4,6,8-10H,5,7H2,(H2,15,16,18,19). The van der Waals surface area contributed by atoms with Crippen LogP contribution in [0, 0.1) is 0 Å². The van der Waals surface area contributed by atoms with E-state index < -0.39 is 0 Å². The topological polar surface area (TPSA) is 70.1 Å². The molecular formula is C14H14N4O. The minimum Gasteiger partial charge on any atom is -0.370 e. The molecule has 1 unspecified atom stereocenters. The fraction of sp³-hybridized carbons (Fsp3) is 0.214. The maximum Gasteiger partial charge on any atom is 0.346 e. The summed E-state index contributed by atoms with van der Waals surface area (Å²) in [6.45, 7) is 0.751. The molecule has 2 heterocycles. The number of anilines is 1. The van der Waals surface area contributed by atoms with E-state index in [2.05, 4.69) is 26.3 Å². The predicted octanol–water partition coefficient (Wildman–Crippen LogP) is 2.07. The number of nitrogens with zero attached hydrogens (tertiary/aromatic N) is 2. The zero-order chi connectivity index (χ0) is 13.1. The SMILES string of the molecule is O=c1nc(NCCC2C=Nc3ccccc32)cc[nH]1. The van der Waals surface area contributed by atoms with Crippen LogP contribution in [0.1, 0.15) is 17.9 Å². The lowest BCUT2D eigenvalue weighted by molar-refractivity contribution is 0.820. The van der Waals surface area contributed by atoms with E-state index in [-0.39, 0.29) is 5.69 Å². The molecule has 2 aromatic rings. The first-order chi connectivity index (χ1) is 9.33. The third kappa shape index (κ3) is 2.54. The fourth-order valence-corrected chi connectivity index (χ4v) is 2.22. The molecule has 0 spiro atoms. The van der Waals surface area contributed by atoms with Gasteiger partial charge in [0.15, 0.2) is 0 Å². The van der Waals surface area contributed by atoms with Crippen molar-refractivity contribution in [3.05, 3.63) is 52.6 Å². The second kappa shape index (κ2) is 5.06. The Kier molecular flexibility index (Phi) is 3.10. The Labute approximate surface area is 110 Å². The highest BCUT2D eigenvalue weighted by molar-refractivity contribution is 5.80. The van der Waals surface area contributed by atoms with Crippen LogP contribution in [0.3, 0.4) is 0 Å². The van der Waals surface area contributed by atoms with E-state index in [1.807, 2.05) is 24.4 Å². The Morgan fingerprint density at radius 1 is 1.26 bits per heavy atom. The number of benzene rings is 1. The van der Waals surface area contributed by atoms with Crippen molar-refractivity contribution in [2.45, 2.75) is 12.3 Å². The zero-order valence-electron chi connectivity index (χ0n) is 10.3. The van der Waals surface area contributed by atoms with E-state index in [1.54, 1.807) is 12.3 Å². The summed E-state index contributed by atoms with van der Waals surface area (Å²) in [5.41, 5.74) is 1.99. The normalized spacial score (nSPS) is 16.3. The van der Waals surface area contributed by atoms with Gasteiger partial charge in [-0.15, -0.1) is 0 Å². The first kappa shape index (κ1) is 11.6. The summed E-state index contributed by atoms with van der Waals surface area (Å²) in [4.78, 5) is 21.8.